The monoisotopic (exact) mass is 295 g/mol. The van der Waals surface area contributed by atoms with Crippen LogP contribution in [0.3, 0.4) is 0 Å². The van der Waals surface area contributed by atoms with Gasteiger partial charge in [-0.05, 0) is 17.8 Å². The summed E-state index contributed by atoms with van der Waals surface area (Å²) in [5, 5.41) is 22.8. The second kappa shape index (κ2) is 7.01. The molecule has 0 aromatic carbocycles. The Balaban J connectivity index is 2.97. The third-order valence-corrected chi connectivity index (χ3v) is 3.53. The number of aromatic nitrogens is 1. The maximum absolute atomic E-state index is 11.2. The average molecular weight is 295 g/mol. The lowest BCUT2D eigenvalue weighted by Gasteiger charge is -2.25. The molecule has 116 valence electrons. The van der Waals surface area contributed by atoms with Crippen LogP contribution in [0.5, 0.6) is 0 Å². The van der Waals surface area contributed by atoms with Crippen LogP contribution >= 0.6 is 0 Å². The molecule has 0 aliphatic heterocycles. The molecule has 0 fully saturated rings. The van der Waals surface area contributed by atoms with E-state index in [1.807, 2.05) is 0 Å². The maximum Gasteiger partial charge on any atom is 0.339 e. The van der Waals surface area contributed by atoms with Crippen molar-refractivity contribution in [3.63, 3.8) is 0 Å². The van der Waals surface area contributed by atoms with Crippen LogP contribution in [0.4, 0.5) is 11.5 Å². The van der Waals surface area contributed by atoms with Gasteiger partial charge in [-0.2, -0.15) is 0 Å². The quantitative estimate of drug-likeness (QED) is 0.591. The Morgan fingerprint density at radius 1 is 1.38 bits per heavy atom. The van der Waals surface area contributed by atoms with E-state index >= 15 is 0 Å². The molecule has 0 radical (unpaired) electrons. The highest BCUT2D eigenvalue weighted by atomic mass is 16.6. The molecule has 1 aromatic heterocycles. The van der Waals surface area contributed by atoms with E-state index in [-0.39, 0.29) is 17.1 Å². The molecule has 21 heavy (non-hydrogen) atoms. The molecule has 0 spiro atoms. The van der Waals surface area contributed by atoms with Crippen LogP contribution in [0.2, 0.25) is 0 Å². The van der Waals surface area contributed by atoms with Gasteiger partial charge in [0, 0.05) is 12.6 Å². The van der Waals surface area contributed by atoms with Gasteiger partial charge < -0.3 is 10.4 Å². The number of hydrogen-bond donors (Lipinski definition) is 2. The number of carbonyl (C=O) groups is 1. The molecule has 0 unspecified atom stereocenters. The molecule has 7 heteroatoms. The number of carboxylic acids is 1. The first-order valence-electron chi connectivity index (χ1n) is 6.85. The van der Waals surface area contributed by atoms with E-state index in [9.17, 15) is 14.9 Å². The summed E-state index contributed by atoms with van der Waals surface area (Å²) in [7, 11) is 0. The minimum absolute atomic E-state index is 0.166. The molecule has 0 aliphatic rings. The van der Waals surface area contributed by atoms with Crippen molar-refractivity contribution in [1.29, 1.82) is 0 Å². The fraction of sp³-hybridized carbons (Fsp3) is 0.571. The van der Waals surface area contributed by atoms with Gasteiger partial charge in [-0.1, -0.05) is 27.7 Å². The van der Waals surface area contributed by atoms with E-state index < -0.39 is 10.9 Å². The van der Waals surface area contributed by atoms with Crippen molar-refractivity contribution in [2.75, 3.05) is 11.9 Å². The minimum atomic E-state index is -1.24. The van der Waals surface area contributed by atoms with Crippen molar-refractivity contribution in [2.45, 2.75) is 27.7 Å². The highest BCUT2D eigenvalue weighted by Gasteiger charge is 2.21. The standard InChI is InChI=1S/C14H21N3O4/c1-8(2)12(9(3)4)7-16-13-11(14(18)19)5-10(6-15-13)17(20)21/h5-6,8-9,12H,7H2,1-4H3,(H,15,16)(H,18,19). The summed E-state index contributed by atoms with van der Waals surface area (Å²) in [5.41, 5.74) is -0.516. The van der Waals surface area contributed by atoms with Gasteiger partial charge in [0.1, 0.15) is 17.6 Å². The normalized spacial score (nSPS) is 11.2. The van der Waals surface area contributed by atoms with Crippen LogP contribution < -0.4 is 5.32 Å². The van der Waals surface area contributed by atoms with Crippen LogP contribution in [0.25, 0.3) is 0 Å². The van der Waals surface area contributed by atoms with Crippen molar-refractivity contribution in [3.8, 4) is 0 Å². The van der Waals surface area contributed by atoms with Gasteiger partial charge in [-0.15, -0.1) is 0 Å². The fourth-order valence-corrected chi connectivity index (χ4v) is 2.31. The van der Waals surface area contributed by atoms with Crippen LogP contribution in [-0.4, -0.2) is 27.5 Å². The van der Waals surface area contributed by atoms with Gasteiger partial charge in [0.2, 0.25) is 0 Å². The molecule has 2 N–H and O–H groups in total. The summed E-state index contributed by atoms with van der Waals surface area (Å²) >= 11 is 0. The number of anilines is 1. The molecule has 0 saturated heterocycles. The number of pyridine rings is 1. The number of nitrogens with zero attached hydrogens (tertiary/aromatic N) is 2. The topological polar surface area (TPSA) is 105 Å². The number of carboxylic acid groups (broad SMARTS) is 1. The van der Waals surface area contributed by atoms with Gasteiger partial charge in [0.05, 0.1) is 4.92 Å². The molecule has 1 aromatic rings. The zero-order valence-electron chi connectivity index (χ0n) is 12.7. The van der Waals surface area contributed by atoms with Crippen molar-refractivity contribution < 1.29 is 14.8 Å². The van der Waals surface area contributed by atoms with Gasteiger partial charge in [-0.25, -0.2) is 9.78 Å². The molecule has 0 bridgehead atoms. The van der Waals surface area contributed by atoms with Gasteiger partial charge in [0.15, 0.2) is 0 Å². The van der Waals surface area contributed by atoms with Gasteiger partial charge >= 0.3 is 5.97 Å². The summed E-state index contributed by atoms with van der Waals surface area (Å²) in [6.07, 6.45) is 1.06. The zero-order valence-corrected chi connectivity index (χ0v) is 12.7. The lowest BCUT2D eigenvalue weighted by atomic mass is 9.85. The SMILES string of the molecule is CC(C)C(CNc1ncc([N+](=O)[O-])cc1C(=O)O)C(C)C. The number of hydrogen-bond acceptors (Lipinski definition) is 5. The van der Waals surface area contributed by atoms with E-state index in [1.165, 1.54) is 0 Å². The second-order valence-electron chi connectivity index (χ2n) is 5.68. The lowest BCUT2D eigenvalue weighted by molar-refractivity contribution is -0.385. The summed E-state index contributed by atoms with van der Waals surface area (Å²) in [6.45, 7) is 8.99. The first-order chi connectivity index (χ1) is 9.73. The smallest absolute Gasteiger partial charge is 0.339 e. The van der Waals surface area contributed by atoms with Crippen LogP contribution in [0, 0.1) is 27.9 Å². The molecule has 7 nitrogen and oxygen atoms in total. The maximum atomic E-state index is 11.2. The Morgan fingerprint density at radius 2 is 1.95 bits per heavy atom. The predicted octanol–water partition coefficient (Wildman–Crippen LogP) is 3.03. The van der Waals surface area contributed by atoms with Crippen LogP contribution in [-0.2, 0) is 0 Å². The van der Waals surface area contributed by atoms with Crippen molar-refractivity contribution in [1.82, 2.24) is 4.98 Å². The Labute approximate surface area is 123 Å². The predicted molar refractivity (Wildman–Crippen MR) is 79.5 cm³/mol. The van der Waals surface area contributed by atoms with E-state index in [4.69, 9.17) is 5.11 Å². The Bertz CT molecular complexity index is 521. The first kappa shape index (κ1) is 16.9. The number of nitro groups is 1. The highest BCUT2D eigenvalue weighted by Crippen LogP contribution is 2.23. The second-order valence-corrected chi connectivity index (χ2v) is 5.68. The molecule has 0 atom stereocenters. The first-order valence-corrected chi connectivity index (χ1v) is 6.85. The van der Waals surface area contributed by atoms with Gasteiger partial charge in [-0.3, -0.25) is 10.1 Å². The molecule has 0 saturated carbocycles. The molecule has 1 rings (SSSR count). The zero-order chi connectivity index (χ0) is 16.2. The van der Waals surface area contributed by atoms with E-state index in [0.717, 1.165) is 12.3 Å². The van der Waals surface area contributed by atoms with Gasteiger partial charge in [0.25, 0.3) is 5.69 Å². The third kappa shape index (κ3) is 4.40. The van der Waals surface area contributed by atoms with E-state index in [0.29, 0.717) is 24.3 Å². The highest BCUT2D eigenvalue weighted by molar-refractivity contribution is 5.93. The summed E-state index contributed by atoms with van der Waals surface area (Å²) < 4.78 is 0. The largest absolute Gasteiger partial charge is 0.478 e. The summed E-state index contributed by atoms with van der Waals surface area (Å²) in [4.78, 5) is 25.1. The molecule has 0 amide bonds. The molecular weight excluding hydrogens is 274 g/mol. The van der Waals surface area contributed by atoms with Crippen molar-refractivity contribution in [3.05, 3.63) is 27.9 Å². The minimum Gasteiger partial charge on any atom is -0.478 e. The fourth-order valence-electron chi connectivity index (χ4n) is 2.31. The Kier molecular flexibility index (Phi) is 5.63. The molecular formula is C14H21N3O4. The summed E-state index contributed by atoms with van der Waals surface area (Å²) in [5.74, 6) is 0.148. The number of aromatic carboxylic acids is 1. The average Bonchev–Trinajstić information content (AvgIpc) is 2.37. The Morgan fingerprint density at radius 3 is 2.38 bits per heavy atom. The summed E-state index contributed by atoms with van der Waals surface area (Å²) in [6, 6.07) is 1.03. The molecule has 0 aliphatic carbocycles. The molecule has 1 heterocycles. The van der Waals surface area contributed by atoms with E-state index in [1.54, 1.807) is 0 Å². The third-order valence-electron chi connectivity index (χ3n) is 3.53. The van der Waals surface area contributed by atoms with Crippen LogP contribution in [0.15, 0.2) is 12.3 Å². The van der Waals surface area contributed by atoms with Crippen LogP contribution in [0.1, 0.15) is 38.1 Å². The van der Waals surface area contributed by atoms with Crippen molar-refractivity contribution in [2.24, 2.45) is 17.8 Å². The Hall–Kier alpha value is -2.18. The van der Waals surface area contributed by atoms with Crippen molar-refractivity contribution >= 4 is 17.5 Å². The van der Waals surface area contributed by atoms with E-state index in [2.05, 4.69) is 38.0 Å². The number of rotatable bonds is 7. The number of nitrogens with one attached hydrogen (secondary N) is 1. The lowest BCUT2D eigenvalue weighted by Crippen LogP contribution is -2.25.